The molecule has 1 N–H and O–H groups in total. The third-order valence-corrected chi connectivity index (χ3v) is 4.81. The number of rotatable bonds is 6. The molecule has 0 saturated carbocycles. The minimum absolute atomic E-state index is 0.535. The summed E-state index contributed by atoms with van der Waals surface area (Å²) in [4.78, 5) is 0. The van der Waals surface area contributed by atoms with Gasteiger partial charge in [0.15, 0.2) is 0 Å². The summed E-state index contributed by atoms with van der Waals surface area (Å²) in [7, 11) is 0. The van der Waals surface area contributed by atoms with Gasteiger partial charge >= 0.3 is 0 Å². The summed E-state index contributed by atoms with van der Waals surface area (Å²) in [6, 6.07) is 23.3. The highest BCUT2D eigenvalue weighted by Gasteiger charge is 2.19. The van der Waals surface area contributed by atoms with Crippen molar-refractivity contribution in [1.29, 1.82) is 0 Å². The van der Waals surface area contributed by atoms with E-state index in [9.17, 15) is 0 Å². The summed E-state index contributed by atoms with van der Waals surface area (Å²) in [5.74, 6) is 1.59. The van der Waals surface area contributed by atoms with Crippen molar-refractivity contribution in [2.24, 2.45) is 5.92 Å². The smallest absolute Gasteiger partial charge is 0.122 e. The van der Waals surface area contributed by atoms with Crippen molar-refractivity contribution in [3.8, 4) is 5.75 Å². The van der Waals surface area contributed by atoms with Gasteiger partial charge in [0.1, 0.15) is 5.75 Å². The van der Waals surface area contributed by atoms with Crippen LogP contribution >= 0.6 is 0 Å². The van der Waals surface area contributed by atoms with Crippen molar-refractivity contribution in [1.82, 2.24) is 9.88 Å². The molecule has 1 aromatic heterocycles. The normalized spacial score (nSPS) is 16.2. The molecule has 0 bridgehead atoms. The molecule has 3 nitrogen and oxygen atoms in total. The fourth-order valence-electron chi connectivity index (χ4n) is 3.47. The average Bonchev–Trinajstić information content (AvgIpc) is 3.09. The number of hydrogen-bond acceptors (Lipinski definition) is 2. The van der Waals surface area contributed by atoms with E-state index < -0.39 is 0 Å². The van der Waals surface area contributed by atoms with Crippen LogP contribution in [0.4, 0.5) is 0 Å². The highest BCUT2D eigenvalue weighted by molar-refractivity contribution is 5.35. The van der Waals surface area contributed by atoms with Crippen LogP contribution < -0.4 is 10.1 Å². The van der Waals surface area contributed by atoms with E-state index >= 15 is 0 Å². The first-order valence-electron chi connectivity index (χ1n) is 8.98. The first-order valence-corrected chi connectivity index (χ1v) is 8.98. The highest BCUT2D eigenvalue weighted by Crippen LogP contribution is 2.26. The maximum Gasteiger partial charge on any atom is 0.122 e. The van der Waals surface area contributed by atoms with Gasteiger partial charge in [0, 0.05) is 37.4 Å². The van der Waals surface area contributed by atoms with Crippen molar-refractivity contribution < 1.29 is 4.74 Å². The molecular weight excluding hydrogens is 308 g/mol. The lowest BCUT2D eigenvalue weighted by molar-refractivity contribution is 0.218. The fourth-order valence-corrected chi connectivity index (χ4v) is 3.47. The SMILES string of the molecule is c1ccc(Cn2cccc2CNC[C@@H]2COc3ccccc3C2)cc1. The quantitative estimate of drug-likeness (QED) is 0.741. The standard InChI is InChI=1S/C22H24N2O/c1-2-7-18(8-3-1)16-24-12-6-10-21(24)15-23-14-19-13-20-9-4-5-11-22(20)25-17-19/h1-12,19,23H,13-17H2/t19-/m1/s1. The van der Waals surface area contributed by atoms with Crippen LogP contribution in [-0.2, 0) is 19.5 Å². The molecule has 1 aliphatic heterocycles. The van der Waals surface area contributed by atoms with Crippen LogP contribution in [0.3, 0.4) is 0 Å². The predicted molar refractivity (Wildman–Crippen MR) is 101 cm³/mol. The van der Waals surface area contributed by atoms with Crippen molar-refractivity contribution in [2.75, 3.05) is 13.2 Å². The Morgan fingerprint density at radius 2 is 1.80 bits per heavy atom. The monoisotopic (exact) mass is 332 g/mol. The molecule has 3 aromatic rings. The highest BCUT2D eigenvalue weighted by atomic mass is 16.5. The van der Waals surface area contributed by atoms with Crippen LogP contribution in [0.1, 0.15) is 16.8 Å². The van der Waals surface area contributed by atoms with Crippen molar-refractivity contribution >= 4 is 0 Å². The summed E-state index contributed by atoms with van der Waals surface area (Å²) in [5, 5.41) is 3.61. The van der Waals surface area contributed by atoms with Gasteiger partial charge in [0.05, 0.1) is 6.61 Å². The van der Waals surface area contributed by atoms with Crippen molar-refractivity contribution in [2.45, 2.75) is 19.5 Å². The molecule has 2 aromatic carbocycles. The Morgan fingerprint density at radius 1 is 0.960 bits per heavy atom. The molecule has 0 radical (unpaired) electrons. The zero-order valence-electron chi connectivity index (χ0n) is 14.4. The Hall–Kier alpha value is -2.52. The number of hydrogen-bond donors (Lipinski definition) is 1. The third kappa shape index (κ3) is 3.94. The van der Waals surface area contributed by atoms with E-state index in [0.29, 0.717) is 5.92 Å². The minimum Gasteiger partial charge on any atom is -0.493 e. The van der Waals surface area contributed by atoms with E-state index in [4.69, 9.17) is 4.74 Å². The first-order chi connectivity index (χ1) is 12.4. The molecule has 0 spiro atoms. The molecule has 3 heteroatoms. The minimum atomic E-state index is 0.535. The van der Waals surface area contributed by atoms with Gasteiger partial charge in [0.25, 0.3) is 0 Å². The summed E-state index contributed by atoms with van der Waals surface area (Å²) in [6.07, 6.45) is 3.25. The molecule has 0 fully saturated rings. The largest absolute Gasteiger partial charge is 0.493 e. The van der Waals surface area contributed by atoms with Gasteiger partial charge < -0.3 is 14.6 Å². The Balaban J connectivity index is 1.31. The van der Waals surface area contributed by atoms with Gasteiger partial charge in [-0.05, 0) is 35.7 Å². The van der Waals surface area contributed by atoms with Gasteiger partial charge in [0.2, 0.25) is 0 Å². The fraction of sp³-hybridized carbons (Fsp3) is 0.273. The van der Waals surface area contributed by atoms with Crippen molar-refractivity contribution in [3.63, 3.8) is 0 Å². The van der Waals surface area contributed by atoms with Crippen LogP contribution in [0.25, 0.3) is 0 Å². The van der Waals surface area contributed by atoms with Gasteiger partial charge in [-0.25, -0.2) is 0 Å². The Kier molecular flexibility index (Phi) is 4.84. The summed E-state index contributed by atoms with van der Waals surface area (Å²) >= 11 is 0. The lowest BCUT2D eigenvalue weighted by Crippen LogP contribution is -2.31. The van der Waals surface area contributed by atoms with E-state index in [1.165, 1.54) is 16.8 Å². The van der Waals surface area contributed by atoms with Gasteiger partial charge in [-0.2, -0.15) is 0 Å². The molecule has 0 saturated heterocycles. The maximum absolute atomic E-state index is 5.88. The van der Waals surface area contributed by atoms with E-state index in [1.807, 2.05) is 6.07 Å². The number of nitrogens with one attached hydrogen (secondary N) is 1. The molecule has 128 valence electrons. The van der Waals surface area contributed by atoms with Crippen LogP contribution in [-0.4, -0.2) is 17.7 Å². The Bertz CT molecular complexity index is 810. The lowest BCUT2D eigenvalue weighted by atomic mass is 9.97. The molecule has 4 rings (SSSR count). The molecule has 1 aliphatic rings. The summed E-state index contributed by atoms with van der Waals surface area (Å²) in [6.45, 7) is 3.59. The van der Waals surface area contributed by atoms with E-state index in [-0.39, 0.29) is 0 Å². The van der Waals surface area contributed by atoms with Gasteiger partial charge in [-0.1, -0.05) is 48.5 Å². The topological polar surface area (TPSA) is 26.2 Å². The van der Waals surface area contributed by atoms with Crippen LogP contribution in [0.5, 0.6) is 5.75 Å². The molecule has 0 unspecified atom stereocenters. The number of aromatic nitrogens is 1. The summed E-state index contributed by atoms with van der Waals surface area (Å²) < 4.78 is 8.20. The van der Waals surface area contributed by atoms with Crippen molar-refractivity contribution in [3.05, 3.63) is 89.7 Å². The summed E-state index contributed by atoms with van der Waals surface area (Å²) in [5.41, 5.74) is 3.98. The number of fused-ring (bicyclic) bond motifs is 1. The molecule has 1 atom stereocenters. The lowest BCUT2D eigenvalue weighted by Gasteiger charge is -2.25. The Morgan fingerprint density at radius 3 is 2.72 bits per heavy atom. The number of ether oxygens (including phenoxy) is 1. The van der Waals surface area contributed by atoms with Crippen LogP contribution in [0.2, 0.25) is 0 Å². The number of benzene rings is 2. The molecular formula is C22H24N2O. The third-order valence-electron chi connectivity index (χ3n) is 4.81. The predicted octanol–water partition coefficient (Wildman–Crippen LogP) is 3.88. The second-order valence-corrected chi connectivity index (χ2v) is 6.73. The van der Waals surface area contributed by atoms with Gasteiger partial charge in [-0.15, -0.1) is 0 Å². The van der Waals surface area contributed by atoms with E-state index in [0.717, 1.165) is 38.4 Å². The first kappa shape index (κ1) is 16.0. The van der Waals surface area contributed by atoms with E-state index in [2.05, 4.69) is 76.7 Å². The van der Waals surface area contributed by atoms with E-state index in [1.54, 1.807) is 0 Å². The Labute approximate surface area is 149 Å². The molecule has 25 heavy (non-hydrogen) atoms. The number of nitrogens with zero attached hydrogens (tertiary/aromatic N) is 1. The zero-order chi connectivity index (χ0) is 16.9. The molecule has 2 heterocycles. The zero-order valence-corrected chi connectivity index (χ0v) is 14.4. The molecule has 0 aliphatic carbocycles. The maximum atomic E-state index is 5.88. The number of para-hydroxylation sites is 1. The van der Waals surface area contributed by atoms with Gasteiger partial charge in [-0.3, -0.25) is 0 Å². The van der Waals surface area contributed by atoms with Crippen LogP contribution in [0.15, 0.2) is 72.9 Å². The average molecular weight is 332 g/mol. The van der Waals surface area contributed by atoms with Crippen LogP contribution in [0, 0.1) is 5.92 Å². The second kappa shape index (κ2) is 7.58. The molecule has 0 amide bonds. The second-order valence-electron chi connectivity index (χ2n) is 6.73.